The molecule has 0 fully saturated rings. The number of rotatable bonds is 5. The van der Waals surface area contributed by atoms with Crippen molar-refractivity contribution < 1.29 is 5.11 Å². The van der Waals surface area contributed by atoms with Gasteiger partial charge < -0.3 is 9.67 Å². The summed E-state index contributed by atoms with van der Waals surface area (Å²) in [5.74, 6) is 0. The highest BCUT2D eigenvalue weighted by molar-refractivity contribution is 5.80. The van der Waals surface area contributed by atoms with E-state index < -0.39 is 6.10 Å². The first-order valence-corrected chi connectivity index (χ1v) is 7.24. The van der Waals surface area contributed by atoms with Crippen LogP contribution in [0.5, 0.6) is 0 Å². The molecule has 0 saturated carbocycles. The Labute approximate surface area is 124 Å². The molecule has 0 saturated heterocycles. The Hall–Kier alpha value is -2.10. The van der Waals surface area contributed by atoms with Crippen molar-refractivity contribution in [3.63, 3.8) is 0 Å². The van der Waals surface area contributed by atoms with Gasteiger partial charge in [-0.25, -0.2) is 0 Å². The van der Waals surface area contributed by atoms with Crippen LogP contribution in [-0.4, -0.2) is 22.8 Å². The Morgan fingerprint density at radius 3 is 2.48 bits per heavy atom. The van der Waals surface area contributed by atoms with Crippen LogP contribution in [-0.2, 0) is 6.42 Å². The highest BCUT2D eigenvalue weighted by Crippen LogP contribution is 2.22. The van der Waals surface area contributed by atoms with Gasteiger partial charge in [0.25, 0.3) is 0 Å². The fourth-order valence-corrected chi connectivity index (χ4v) is 2.83. The third-order valence-corrected chi connectivity index (χ3v) is 3.88. The first kappa shape index (κ1) is 13.9. The van der Waals surface area contributed by atoms with Gasteiger partial charge in [0.15, 0.2) is 0 Å². The summed E-state index contributed by atoms with van der Waals surface area (Å²) in [5.41, 5.74) is 2.27. The van der Waals surface area contributed by atoms with Gasteiger partial charge in [0.2, 0.25) is 0 Å². The van der Waals surface area contributed by atoms with Crippen molar-refractivity contribution in [2.75, 3.05) is 7.05 Å². The second-order valence-electron chi connectivity index (χ2n) is 5.27. The number of aliphatic hydroxyl groups excluding tert-OH is 1. The Balaban J connectivity index is 1.87. The molecule has 2 atom stereocenters. The molecule has 108 valence electrons. The minimum Gasteiger partial charge on any atom is -0.389 e. The summed E-state index contributed by atoms with van der Waals surface area (Å²) >= 11 is 0. The summed E-state index contributed by atoms with van der Waals surface area (Å²) in [6.45, 7) is 0. The molecule has 3 nitrogen and oxygen atoms in total. The topological polar surface area (TPSA) is 37.2 Å². The fourth-order valence-electron chi connectivity index (χ4n) is 2.83. The van der Waals surface area contributed by atoms with Crippen LogP contribution in [0, 0.1) is 0 Å². The summed E-state index contributed by atoms with van der Waals surface area (Å²) in [4.78, 5) is 0. The van der Waals surface area contributed by atoms with E-state index in [1.807, 2.05) is 55.7 Å². The quantitative estimate of drug-likeness (QED) is 0.754. The Morgan fingerprint density at radius 2 is 1.71 bits per heavy atom. The predicted molar refractivity (Wildman–Crippen MR) is 86.2 cm³/mol. The van der Waals surface area contributed by atoms with E-state index >= 15 is 0 Å². The van der Waals surface area contributed by atoms with Crippen LogP contribution in [0.2, 0.25) is 0 Å². The molecule has 0 spiro atoms. The number of nitrogens with zero attached hydrogens (tertiary/aromatic N) is 1. The van der Waals surface area contributed by atoms with Gasteiger partial charge in [-0.05, 0) is 30.1 Å². The lowest BCUT2D eigenvalue weighted by Gasteiger charge is -2.25. The summed E-state index contributed by atoms with van der Waals surface area (Å²) < 4.78 is 2.10. The maximum absolute atomic E-state index is 10.6. The Morgan fingerprint density at radius 1 is 1.00 bits per heavy atom. The van der Waals surface area contributed by atoms with Crippen LogP contribution in [0.25, 0.3) is 10.9 Å². The van der Waals surface area contributed by atoms with Crippen molar-refractivity contribution in [1.29, 1.82) is 0 Å². The molecule has 0 aliphatic rings. The van der Waals surface area contributed by atoms with E-state index in [9.17, 15) is 5.11 Å². The molecule has 3 aromatic rings. The second-order valence-corrected chi connectivity index (χ2v) is 5.27. The Bertz CT molecular complexity index is 705. The van der Waals surface area contributed by atoms with Crippen molar-refractivity contribution in [2.24, 2.45) is 0 Å². The zero-order chi connectivity index (χ0) is 14.7. The maximum Gasteiger partial charge on any atom is 0.110 e. The molecular weight excluding hydrogens is 260 g/mol. The lowest BCUT2D eigenvalue weighted by atomic mass is 10.1. The molecule has 1 aromatic heterocycles. The van der Waals surface area contributed by atoms with Crippen LogP contribution < -0.4 is 5.32 Å². The van der Waals surface area contributed by atoms with Crippen LogP contribution in [0.15, 0.2) is 66.9 Å². The fraction of sp³-hybridized carbons (Fsp3) is 0.222. The van der Waals surface area contributed by atoms with Gasteiger partial charge in [-0.2, -0.15) is 0 Å². The van der Waals surface area contributed by atoms with E-state index in [2.05, 4.69) is 28.1 Å². The molecule has 2 aromatic carbocycles. The normalized spacial score (nSPS) is 14.2. The largest absolute Gasteiger partial charge is 0.389 e. The predicted octanol–water partition coefficient (Wildman–Crippen LogP) is 2.96. The number of nitrogens with one attached hydrogen (secondary N) is 1. The molecule has 2 unspecified atom stereocenters. The summed E-state index contributed by atoms with van der Waals surface area (Å²) in [7, 11) is 1.88. The number of hydrogen-bond donors (Lipinski definition) is 2. The highest BCUT2D eigenvalue weighted by Gasteiger charge is 2.20. The Kier molecular flexibility index (Phi) is 4.04. The average Bonchev–Trinajstić information content (AvgIpc) is 2.93. The molecule has 0 aliphatic carbocycles. The van der Waals surface area contributed by atoms with Crippen molar-refractivity contribution in [1.82, 2.24) is 9.88 Å². The van der Waals surface area contributed by atoms with Gasteiger partial charge >= 0.3 is 0 Å². The molecule has 0 amide bonds. The van der Waals surface area contributed by atoms with Gasteiger partial charge in [-0.3, -0.25) is 5.32 Å². The lowest BCUT2D eigenvalue weighted by Crippen LogP contribution is -2.35. The van der Waals surface area contributed by atoms with Gasteiger partial charge in [-0.15, -0.1) is 0 Å². The van der Waals surface area contributed by atoms with E-state index in [4.69, 9.17) is 0 Å². The van der Waals surface area contributed by atoms with E-state index in [-0.39, 0.29) is 6.17 Å². The molecule has 0 radical (unpaired) electrons. The van der Waals surface area contributed by atoms with E-state index in [0.717, 1.165) is 11.1 Å². The summed E-state index contributed by atoms with van der Waals surface area (Å²) in [5, 5.41) is 15.0. The van der Waals surface area contributed by atoms with Crippen molar-refractivity contribution >= 4 is 10.9 Å². The minimum atomic E-state index is -0.492. The van der Waals surface area contributed by atoms with Gasteiger partial charge in [0.05, 0.1) is 6.10 Å². The molecule has 3 heteroatoms. The van der Waals surface area contributed by atoms with E-state index in [1.165, 1.54) is 5.39 Å². The van der Waals surface area contributed by atoms with Crippen LogP contribution in [0.1, 0.15) is 11.7 Å². The maximum atomic E-state index is 10.6. The summed E-state index contributed by atoms with van der Waals surface area (Å²) in [6.07, 6.45) is 2.01. The molecule has 3 rings (SSSR count). The number of para-hydroxylation sites is 1. The SMILES string of the molecule is CNC(C(O)Cc1ccccc1)n1ccc2ccccc21. The minimum absolute atomic E-state index is 0.148. The van der Waals surface area contributed by atoms with Crippen molar-refractivity contribution in [3.8, 4) is 0 Å². The smallest absolute Gasteiger partial charge is 0.110 e. The zero-order valence-corrected chi connectivity index (χ0v) is 12.1. The highest BCUT2D eigenvalue weighted by atomic mass is 16.3. The van der Waals surface area contributed by atoms with Crippen LogP contribution in [0.4, 0.5) is 0 Å². The van der Waals surface area contributed by atoms with Crippen molar-refractivity contribution in [3.05, 3.63) is 72.4 Å². The number of fused-ring (bicyclic) bond motifs is 1. The molecule has 0 bridgehead atoms. The third kappa shape index (κ3) is 2.84. The number of likely N-dealkylation sites (N-methyl/N-ethyl adjacent to an activating group) is 1. The molecule has 2 N–H and O–H groups in total. The molecular formula is C18H20N2O. The summed E-state index contributed by atoms with van der Waals surface area (Å²) in [6, 6.07) is 20.4. The van der Waals surface area contributed by atoms with Gasteiger partial charge in [0, 0.05) is 18.1 Å². The zero-order valence-electron chi connectivity index (χ0n) is 12.1. The number of aromatic nitrogens is 1. The van der Waals surface area contributed by atoms with Gasteiger partial charge in [0.1, 0.15) is 6.17 Å². The lowest BCUT2D eigenvalue weighted by molar-refractivity contribution is 0.100. The average molecular weight is 280 g/mol. The second kappa shape index (κ2) is 6.12. The number of aliphatic hydroxyl groups is 1. The molecule has 0 aliphatic heterocycles. The van der Waals surface area contributed by atoms with E-state index in [1.54, 1.807) is 0 Å². The number of hydrogen-bond acceptors (Lipinski definition) is 2. The van der Waals surface area contributed by atoms with Crippen LogP contribution in [0.3, 0.4) is 0 Å². The molecule has 1 heterocycles. The van der Waals surface area contributed by atoms with Crippen LogP contribution >= 0.6 is 0 Å². The van der Waals surface area contributed by atoms with Gasteiger partial charge in [-0.1, -0.05) is 48.5 Å². The third-order valence-electron chi connectivity index (χ3n) is 3.88. The van der Waals surface area contributed by atoms with Crippen molar-refractivity contribution in [2.45, 2.75) is 18.7 Å². The first-order valence-electron chi connectivity index (χ1n) is 7.24. The van der Waals surface area contributed by atoms with E-state index in [0.29, 0.717) is 6.42 Å². The molecule has 21 heavy (non-hydrogen) atoms. The number of benzene rings is 2. The first-order chi connectivity index (χ1) is 10.3. The standard InChI is InChI=1S/C18H20N2O/c1-19-18(17(21)13-14-7-3-2-4-8-14)20-12-11-15-9-5-6-10-16(15)20/h2-12,17-19,21H,13H2,1H3. The monoisotopic (exact) mass is 280 g/mol.